The highest BCUT2D eigenvalue weighted by molar-refractivity contribution is 5.96. The van der Waals surface area contributed by atoms with Crippen LogP contribution in [0.1, 0.15) is 61.6 Å². The number of aryl methyl sites for hydroxylation is 1. The minimum absolute atomic E-state index is 0.0107. The number of likely N-dealkylation sites (N-methyl/N-ethyl adjacent to an activating group) is 1. The van der Waals surface area contributed by atoms with E-state index >= 15 is 0 Å². The Hall–Kier alpha value is -3.70. The first-order valence-corrected chi connectivity index (χ1v) is 16.2. The number of aromatic nitrogens is 2. The maximum atomic E-state index is 12.4. The van der Waals surface area contributed by atoms with Gasteiger partial charge in [-0.2, -0.15) is 4.98 Å². The van der Waals surface area contributed by atoms with Crippen molar-refractivity contribution in [2.24, 2.45) is 5.73 Å². The number of hydrogen-bond acceptors (Lipinski definition) is 9. The van der Waals surface area contributed by atoms with Gasteiger partial charge in [-0.1, -0.05) is 13.5 Å². The van der Waals surface area contributed by atoms with Crippen LogP contribution in [0.2, 0.25) is 0 Å². The highest BCUT2D eigenvalue weighted by atomic mass is 16.5. The number of rotatable bonds is 9. The van der Waals surface area contributed by atoms with Crippen LogP contribution in [0.15, 0.2) is 36.9 Å². The molecule has 0 aliphatic carbocycles. The minimum atomic E-state index is -0.643. The predicted molar refractivity (Wildman–Crippen MR) is 171 cm³/mol. The average Bonchev–Trinajstić information content (AvgIpc) is 3.31. The normalized spacial score (nSPS) is 24.7. The second-order valence-corrected chi connectivity index (χ2v) is 12.7. The lowest BCUT2D eigenvalue weighted by Gasteiger charge is -2.42. The van der Waals surface area contributed by atoms with Gasteiger partial charge in [0.2, 0.25) is 11.8 Å². The summed E-state index contributed by atoms with van der Waals surface area (Å²) in [6.45, 7) is 12.4. The van der Waals surface area contributed by atoms with Crippen LogP contribution in [-0.4, -0.2) is 107 Å². The van der Waals surface area contributed by atoms with E-state index in [9.17, 15) is 9.59 Å². The van der Waals surface area contributed by atoms with Crippen molar-refractivity contribution >= 4 is 29.0 Å². The Morgan fingerprint density at radius 2 is 1.64 bits per heavy atom. The van der Waals surface area contributed by atoms with Gasteiger partial charge in [0, 0.05) is 81.6 Å². The number of hydrogen-bond donors (Lipinski definition) is 2. The van der Waals surface area contributed by atoms with Crippen molar-refractivity contribution in [2.45, 2.75) is 76.1 Å². The fourth-order valence-electron chi connectivity index (χ4n) is 7.45. The van der Waals surface area contributed by atoms with Gasteiger partial charge in [0.15, 0.2) is 11.5 Å². The van der Waals surface area contributed by atoms with Crippen molar-refractivity contribution < 1.29 is 14.3 Å². The quantitative estimate of drug-likeness (QED) is 0.417. The molecule has 1 aromatic carbocycles. The van der Waals surface area contributed by atoms with Gasteiger partial charge >= 0.3 is 0 Å². The molecule has 11 heteroatoms. The molecule has 4 saturated heterocycles. The largest absolute Gasteiger partial charge is 0.473 e. The Bertz CT molecular complexity index is 1340. The van der Waals surface area contributed by atoms with Gasteiger partial charge in [0.25, 0.3) is 5.91 Å². The molecular weight excluding hydrogens is 556 g/mol. The number of carbonyl (C=O) groups is 2. The van der Waals surface area contributed by atoms with Crippen LogP contribution in [-0.2, 0) is 11.2 Å². The van der Waals surface area contributed by atoms with Gasteiger partial charge in [-0.15, -0.1) is 0 Å². The van der Waals surface area contributed by atoms with E-state index in [-0.39, 0.29) is 35.6 Å². The fourth-order valence-corrected chi connectivity index (χ4v) is 7.45. The summed E-state index contributed by atoms with van der Waals surface area (Å²) in [7, 11) is 2.20. The second-order valence-electron chi connectivity index (χ2n) is 12.7. The van der Waals surface area contributed by atoms with E-state index in [1.807, 2.05) is 24.0 Å². The van der Waals surface area contributed by atoms with Crippen LogP contribution in [0, 0.1) is 0 Å². The Morgan fingerprint density at radius 3 is 2.23 bits per heavy atom. The summed E-state index contributed by atoms with van der Waals surface area (Å²) in [6, 6.07) is 9.19. The van der Waals surface area contributed by atoms with E-state index in [1.165, 1.54) is 37.7 Å². The molecule has 1 unspecified atom stereocenters. The molecule has 4 fully saturated rings. The number of nitrogens with zero attached hydrogens (tertiary/aromatic N) is 6. The summed E-state index contributed by atoms with van der Waals surface area (Å²) in [6.07, 6.45) is 7.61. The molecule has 11 nitrogen and oxygen atoms in total. The molecule has 44 heavy (non-hydrogen) atoms. The molecule has 4 aliphatic heterocycles. The third-order valence-corrected chi connectivity index (χ3v) is 9.91. The van der Waals surface area contributed by atoms with Crippen molar-refractivity contribution in [1.29, 1.82) is 0 Å². The number of anilines is 3. The second kappa shape index (κ2) is 13.1. The van der Waals surface area contributed by atoms with Gasteiger partial charge in [0.1, 0.15) is 11.8 Å². The third kappa shape index (κ3) is 6.39. The van der Waals surface area contributed by atoms with Crippen LogP contribution < -0.4 is 20.7 Å². The number of nitrogens with one attached hydrogen (secondary N) is 1. The molecule has 3 N–H and O–H groups in total. The van der Waals surface area contributed by atoms with Crippen molar-refractivity contribution in [3.05, 3.63) is 48.3 Å². The standard InChI is InChI=1S/C33H46N8O3/c1-4-28-33(44-27-20-25-10-11-26(21-27)41(25)29(42)5-2)37-32(30(36-28)31(34)43)35-22-6-8-23(9-7-22)39-14-12-24(13-15-39)40-18-16-38(3)17-19-40/h5-9,24-27H,2,4,10-21H2,1,3H3,(H2,34,43)(H,35,37)/t25-,26+,27?. The lowest BCUT2D eigenvalue weighted by atomic mass is 9.99. The molecular formula is C33H46N8O3. The molecule has 6 rings (SSSR count). The maximum Gasteiger partial charge on any atom is 0.271 e. The molecule has 1 aromatic heterocycles. The zero-order valence-corrected chi connectivity index (χ0v) is 26.1. The molecule has 236 valence electrons. The van der Waals surface area contributed by atoms with E-state index < -0.39 is 5.91 Å². The smallest absolute Gasteiger partial charge is 0.271 e. The van der Waals surface area contributed by atoms with Crippen molar-refractivity contribution in [1.82, 2.24) is 24.7 Å². The number of piperidine rings is 2. The Labute approximate surface area is 260 Å². The van der Waals surface area contributed by atoms with Gasteiger partial charge in [-0.3, -0.25) is 14.5 Å². The van der Waals surface area contributed by atoms with E-state index in [2.05, 4.69) is 50.8 Å². The maximum absolute atomic E-state index is 12.4. The molecule has 0 radical (unpaired) electrons. The van der Waals surface area contributed by atoms with Gasteiger partial charge in [-0.25, -0.2) is 4.98 Å². The average molecular weight is 603 g/mol. The molecule has 0 spiro atoms. The highest BCUT2D eigenvalue weighted by Gasteiger charge is 2.43. The lowest BCUT2D eigenvalue weighted by molar-refractivity contribution is -0.131. The topological polar surface area (TPSA) is 120 Å². The number of amides is 2. The van der Waals surface area contributed by atoms with E-state index in [1.54, 1.807) is 0 Å². The number of piperazine rings is 1. The number of primary amides is 1. The minimum Gasteiger partial charge on any atom is -0.473 e. The van der Waals surface area contributed by atoms with Gasteiger partial charge < -0.3 is 30.5 Å². The fraction of sp³-hybridized carbons (Fsp3) is 0.576. The zero-order chi connectivity index (χ0) is 30.8. The number of benzene rings is 1. The van der Waals surface area contributed by atoms with E-state index in [0.29, 0.717) is 24.0 Å². The third-order valence-electron chi connectivity index (χ3n) is 9.91. The van der Waals surface area contributed by atoms with Crippen LogP contribution >= 0.6 is 0 Å². The van der Waals surface area contributed by atoms with E-state index in [0.717, 1.165) is 57.5 Å². The highest BCUT2D eigenvalue weighted by Crippen LogP contribution is 2.38. The predicted octanol–water partition coefficient (Wildman–Crippen LogP) is 3.18. The summed E-state index contributed by atoms with van der Waals surface area (Å²) in [5.74, 6) is 0.0410. The number of fused-ring (bicyclic) bond motifs is 2. The van der Waals surface area contributed by atoms with Crippen LogP contribution in [0.25, 0.3) is 0 Å². The summed E-state index contributed by atoms with van der Waals surface area (Å²) in [4.78, 5) is 43.6. The van der Waals surface area contributed by atoms with E-state index in [4.69, 9.17) is 15.5 Å². The summed E-state index contributed by atoms with van der Waals surface area (Å²) < 4.78 is 6.45. The lowest BCUT2D eigenvalue weighted by Crippen LogP contribution is -2.52. The first-order valence-electron chi connectivity index (χ1n) is 16.2. The summed E-state index contributed by atoms with van der Waals surface area (Å²) in [5.41, 5.74) is 8.41. The summed E-state index contributed by atoms with van der Waals surface area (Å²) >= 11 is 0. The van der Waals surface area contributed by atoms with Crippen molar-refractivity contribution in [2.75, 3.05) is 56.5 Å². The Kier molecular flexibility index (Phi) is 9.04. The van der Waals surface area contributed by atoms with Gasteiger partial charge in [0.05, 0.1) is 0 Å². The Balaban J connectivity index is 1.12. The number of carbonyl (C=O) groups excluding carboxylic acids is 2. The zero-order valence-electron chi connectivity index (χ0n) is 26.1. The van der Waals surface area contributed by atoms with Crippen LogP contribution in [0.5, 0.6) is 5.88 Å². The summed E-state index contributed by atoms with van der Waals surface area (Å²) in [5, 5.41) is 3.28. The van der Waals surface area contributed by atoms with Crippen LogP contribution in [0.4, 0.5) is 17.2 Å². The van der Waals surface area contributed by atoms with Crippen molar-refractivity contribution in [3.63, 3.8) is 0 Å². The molecule has 4 aliphatic rings. The first kappa shape index (κ1) is 30.3. The Morgan fingerprint density at radius 1 is 0.977 bits per heavy atom. The molecule has 0 saturated carbocycles. The molecule has 2 bridgehead atoms. The SMILES string of the molecule is C=CC(=O)N1[C@@H]2CC[C@H]1CC(Oc1nc(Nc3ccc(N4CCC(N5CCN(C)CC5)CC4)cc3)c(C(N)=O)nc1CC)C2. The van der Waals surface area contributed by atoms with Gasteiger partial charge in [-0.05, 0) is 69.5 Å². The van der Waals surface area contributed by atoms with Crippen molar-refractivity contribution in [3.8, 4) is 5.88 Å². The molecule has 2 amide bonds. The number of nitrogens with two attached hydrogens (primary N) is 1. The van der Waals surface area contributed by atoms with Crippen LogP contribution in [0.3, 0.4) is 0 Å². The molecule has 5 heterocycles. The molecule has 3 atom stereocenters. The molecule has 2 aromatic rings. The monoisotopic (exact) mass is 602 g/mol. The first-order chi connectivity index (χ1) is 21.3. The number of ether oxygens (including phenoxy) is 1.